The van der Waals surface area contributed by atoms with Crippen molar-refractivity contribution in [2.75, 3.05) is 19.8 Å². The van der Waals surface area contributed by atoms with Crippen LogP contribution < -0.4 is 19.9 Å². The average Bonchev–Trinajstić information content (AvgIpc) is 3.37. The number of ether oxygens (including phenoxy) is 2. The van der Waals surface area contributed by atoms with E-state index in [1.54, 1.807) is 18.5 Å². The van der Waals surface area contributed by atoms with Crippen LogP contribution in [0.2, 0.25) is 0 Å². The van der Waals surface area contributed by atoms with Crippen molar-refractivity contribution in [3.63, 3.8) is 0 Å². The zero-order chi connectivity index (χ0) is 20.4. The molecule has 3 aromatic rings. The lowest BCUT2D eigenvalue weighted by Crippen LogP contribution is -2.25. The van der Waals surface area contributed by atoms with Gasteiger partial charge in [-0.2, -0.15) is 0 Å². The maximum absolute atomic E-state index is 12.6. The van der Waals surface area contributed by atoms with Gasteiger partial charge in [0, 0.05) is 29.4 Å². The lowest BCUT2D eigenvalue weighted by Gasteiger charge is -2.19. The van der Waals surface area contributed by atoms with Crippen molar-refractivity contribution in [3.8, 4) is 22.6 Å². The molecule has 0 saturated carbocycles. The van der Waals surface area contributed by atoms with Crippen LogP contribution >= 0.6 is 11.3 Å². The summed E-state index contributed by atoms with van der Waals surface area (Å²) in [5, 5.41) is 7.98. The van der Waals surface area contributed by atoms with Gasteiger partial charge in [-0.05, 0) is 36.2 Å². The zero-order valence-corrected chi connectivity index (χ0v) is 16.9. The maximum atomic E-state index is 12.6. The number of hydrogen-bond acceptors (Lipinski definition) is 6. The van der Waals surface area contributed by atoms with Gasteiger partial charge in [0.15, 0.2) is 11.5 Å². The van der Waals surface area contributed by atoms with Gasteiger partial charge >= 0.3 is 0 Å². The lowest BCUT2D eigenvalue weighted by molar-refractivity contribution is 0.0955. The van der Waals surface area contributed by atoms with Crippen LogP contribution in [-0.4, -0.2) is 39.1 Å². The number of sulfonamides is 1. The minimum absolute atomic E-state index is 0.116. The van der Waals surface area contributed by atoms with E-state index in [-0.39, 0.29) is 10.1 Å². The van der Waals surface area contributed by atoms with Crippen molar-refractivity contribution in [1.29, 1.82) is 0 Å². The number of carbonyl (C=O) groups excluding carboxylic acids is 1. The van der Waals surface area contributed by atoms with Gasteiger partial charge in [0.25, 0.3) is 5.91 Å². The number of nitrogens with two attached hydrogens (primary N) is 1. The van der Waals surface area contributed by atoms with Crippen LogP contribution in [0, 0.1) is 0 Å². The summed E-state index contributed by atoms with van der Waals surface area (Å²) in [4.78, 5) is 16.4. The monoisotopic (exact) mass is 433 g/mol. The first kappa shape index (κ1) is 19.5. The first-order valence-electron chi connectivity index (χ1n) is 8.88. The third-order valence-corrected chi connectivity index (χ3v) is 7.00. The van der Waals surface area contributed by atoms with Crippen molar-refractivity contribution >= 4 is 27.3 Å². The largest absolute Gasteiger partial charge is 0.486 e. The summed E-state index contributed by atoms with van der Waals surface area (Å²) in [5.41, 5.74) is 2.11. The van der Waals surface area contributed by atoms with Crippen LogP contribution in [0.15, 0.2) is 46.9 Å². The summed E-state index contributed by atoms with van der Waals surface area (Å²) < 4.78 is 34.0. The fourth-order valence-electron chi connectivity index (χ4n) is 3.04. The highest BCUT2D eigenvalue weighted by Gasteiger charge is 2.18. The van der Waals surface area contributed by atoms with Crippen molar-refractivity contribution in [1.82, 2.24) is 10.3 Å². The highest BCUT2D eigenvalue weighted by Crippen LogP contribution is 2.35. The Labute approximate surface area is 171 Å². The number of carbonyl (C=O) groups is 1. The van der Waals surface area contributed by atoms with Crippen molar-refractivity contribution in [3.05, 3.63) is 53.2 Å². The van der Waals surface area contributed by atoms with E-state index in [9.17, 15) is 13.2 Å². The quantitative estimate of drug-likeness (QED) is 0.549. The zero-order valence-electron chi connectivity index (χ0n) is 15.3. The Morgan fingerprint density at radius 3 is 2.69 bits per heavy atom. The molecule has 29 heavy (non-hydrogen) atoms. The van der Waals surface area contributed by atoms with Crippen LogP contribution in [0.4, 0.5) is 0 Å². The normalized spacial score (nSPS) is 13.3. The minimum atomic E-state index is -3.69. The van der Waals surface area contributed by atoms with E-state index in [0.29, 0.717) is 43.2 Å². The molecule has 1 aliphatic rings. The lowest BCUT2D eigenvalue weighted by atomic mass is 10.0. The summed E-state index contributed by atoms with van der Waals surface area (Å²) in [7, 11) is -3.69. The Morgan fingerprint density at radius 2 is 1.93 bits per heavy atom. The van der Waals surface area contributed by atoms with E-state index < -0.39 is 10.0 Å². The number of aromatic amines is 1. The van der Waals surface area contributed by atoms with E-state index in [1.807, 2.05) is 18.2 Å². The van der Waals surface area contributed by atoms with Crippen LogP contribution in [0.1, 0.15) is 15.2 Å². The predicted octanol–water partition coefficient (Wildman–Crippen LogP) is 2.13. The van der Waals surface area contributed by atoms with Gasteiger partial charge in [-0.15, -0.1) is 11.3 Å². The minimum Gasteiger partial charge on any atom is -0.486 e. The Morgan fingerprint density at radius 1 is 1.14 bits per heavy atom. The molecule has 0 unspecified atom stereocenters. The molecule has 1 aliphatic heterocycles. The summed E-state index contributed by atoms with van der Waals surface area (Å²) >= 11 is 1.11. The van der Waals surface area contributed by atoms with Gasteiger partial charge in [-0.1, -0.05) is 6.07 Å². The number of amides is 1. The van der Waals surface area contributed by atoms with E-state index in [0.717, 1.165) is 27.3 Å². The number of benzene rings is 1. The number of H-pyrrole nitrogens is 1. The summed E-state index contributed by atoms with van der Waals surface area (Å²) in [5.74, 6) is 1.13. The Kier molecular flexibility index (Phi) is 5.31. The number of aromatic nitrogens is 1. The van der Waals surface area contributed by atoms with Crippen molar-refractivity contribution < 1.29 is 22.7 Å². The molecule has 0 aliphatic carbocycles. The number of thiophene rings is 1. The van der Waals surface area contributed by atoms with Gasteiger partial charge in [-0.3, -0.25) is 4.79 Å². The molecular weight excluding hydrogens is 414 g/mol. The highest BCUT2D eigenvalue weighted by molar-refractivity contribution is 7.91. The molecule has 152 valence electrons. The molecule has 8 nitrogen and oxygen atoms in total. The number of primary sulfonamides is 1. The average molecular weight is 434 g/mol. The molecule has 10 heteroatoms. The van der Waals surface area contributed by atoms with Crippen LogP contribution in [0.3, 0.4) is 0 Å². The Hall–Kier alpha value is -2.82. The molecule has 1 amide bonds. The van der Waals surface area contributed by atoms with Crippen LogP contribution in [0.25, 0.3) is 11.1 Å². The van der Waals surface area contributed by atoms with Gasteiger partial charge in [0.2, 0.25) is 10.0 Å². The Balaban J connectivity index is 1.43. The number of rotatable bonds is 6. The van der Waals surface area contributed by atoms with Gasteiger partial charge in [-0.25, -0.2) is 13.6 Å². The molecule has 0 bridgehead atoms. The maximum Gasteiger partial charge on any atom is 0.253 e. The molecule has 4 rings (SSSR count). The molecule has 0 fully saturated rings. The van der Waals surface area contributed by atoms with E-state index in [4.69, 9.17) is 14.6 Å². The first-order valence-corrected chi connectivity index (χ1v) is 11.2. The van der Waals surface area contributed by atoms with Crippen molar-refractivity contribution in [2.45, 2.75) is 10.6 Å². The molecule has 4 N–H and O–H groups in total. The third kappa shape index (κ3) is 4.29. The smallest absolute Gasteiger partial charge is 0.253 e. The van der Waals surface area contributed by atoms with E-state index in [2.05, 4.69) is 10.3 Å². The molecule has 0 saturated heterocycles. The topological polar surface area (TPSA) is 124 Å². The molecular formula is C19H19N3O5S2. The fraction of sp³-hybridized carbons (Fsp3) is 0.211. The van der Waals surface area contributed by atoms with Crippen LogP contribution in [-0.2, 0) is 16.4 Å². The second kappa shape index (κ2) is 7.90. The van der Waals surface area contributed by atoms with Crippen molar-refractivity contribution in [2.24, 2.45) is 5.14 Å². The SMILES string of the molecule is NS(=O)(=O)c1ccc(CCNC(=O)c2c[nH]cc2-c2ccc3c(c2)OCCO3)s1. The predicted molar refractivity (Wildman–Crippen MR) is 109 cm³/mol. The molecule has 2 aromatic heterocycles. The number of hydrogen-bond donors (Lipinski definition) is 3. The summed E-state index contributed by atoms with van der Waals surface area (Å²) in [6.45, 7) is 1.38. The highest BCUT2D eigenvalue weighted by atomic mass is 32.2. The second-order valence-electron chi connectivity index (χ2n) is 6.41. The Bertz CT molecular complexity index is 1150. The van der Waals surface area contributed by atoms with Gasteiger partial charge in [0.05, 0.1) is 5.56 Å². The fourth-order valence-corrected chi connectivity index (χ4v) is 4.82. The molecule has 0 atom stereocenters. The van der Waals surface area contributed by atoms with Crippen LogP contribution in [0.5, 0.6) is 11.5 Å². The molecule has 0 radical (unpaired) electrons. The molecule has 1 aromatic carbocycles. The molecule has 0 spiro atoms. The molecule has 3 heterocycles. The first-order chi connectivity index (χ1) is 13.9. The standard InChI is InChI=1S/C19H19N3O5S2/c20-29(24,25)18-4-2-13(28-18)5-6-22-19(23)15-11-21-10-14(15)12-1-3-16-17(9-12)27-8-7-26-16/h1-4,9-11,21H,5-8H2,(H,22,23)(H2,20,24,25). The third-order valence-electron chi connectivity index (χ3n) is 4.42. The summed E-state index contributed by atoms with van der Waals surface area (Å²) in [6, 6.07) is 8.75. The number of fused-ring (bicyclic) bond motifs is 1. The second-order valence-corrected chi connectivity index (χ2v) is 9.37. The van der Waals surface area contributed by atoms with Gasteiger partial charge < -0.3 is 19.8 Å². The van der Waals surface area contributed by atoms with E-state index in [1.165, 1.54) is 6.07 Å². The summed E-state index contributed by atoms with van der Waals surface area (Å²) in [6.07, 6.45) is 3.92. The number of nitrogens with one attached hydrogen (secondary N) is 2. The van der Waals surface area contributed by atoms with Gasteiger partial charge in [0.1, 0.15) is 17.4 Å². The van der Waals surface area contributed by atoms with E-state index >= 15 is 0 Å².